The second-order valence-electron chi connectivity index (χ2n) is 7.40. The molecule has 4 aromatic rings. The number of nitrogens with zero attached hydrogens (tertiary/aromatic N) is 2. The van der Waals surface area contributed by atoms with E-state index in [1.54, 1.807) is 29.6 Å². The summed E-state index contributed by atoms with van der Waals surface area (Å²) in [5, 5.41) is 8.14. The van der Waals surface area contributed by atoms with Crippen LogP contribution in [0.15, 0.2) is 70.8 Å². The summed E-state index contributed by atoms with van der Waals surface area (Å²) in [5.41, 5.74) is 7.20. The van der Waals surface area contributed by atoms with E-state index in [0.717, 1.165) is 12.1 Å². The van der Waals surface area contributed by atoms with Gasteiger partial charge >= 0.3 is 6.18 Å². The number of benzene rings is 1. The molecule has 1 unspecified atom stereocenters. The molecule has 1 amide bonds. The lowest BCUT2D eigenvalue weighted by Crippen LogP contribution is -2.22. The van der Waals surface area contributed by atoms with Crippen molar-refractivity contribution >= 4 is 28.2 Å². The Balaban J connectivity index is 1.31. The second-order valence-corrected chi connectivity index (χ2v) is 8.26. The van der Waals surface area contributed by atoms with Gasteiger partial charge < -0.3 is 20.8 Å². The lowest BCUT2D eigenvalue weighted by Gasteiger charge is -2.11. The summed E-state index contributed by atoms with van der Waals surface area (Å²) in [6.45, 7) is 0.278. The normalized spacial score (nSPS) is 12.4. The minimum absolute atomic E-state index is 0.277. The third kappa shape index (κ3) is 6.00. The van der Waals surface area contributed by atoms with E-state index in [1.165, 1.54) is 35.9 Å². The number of anilines is 2. The number of hydrogen-bond donors (Lipinski definition) is 3. The summed E-state index contributed by atoms with van der Waals surface area (Å²) < 4.78 is 43.3. The number of halogens is 3. The molecule has 176 valence electrons. The zero-order valence-electron chi connectivity index (χ0n) is 17.7. The summed E-state index contributed by atoms with van der Waals surface area (Å²) in [6.07, 6.45) is -1.03. The number of nitrogens with one attached hydrogen (secondary N) is 2. The summed E-state index contributed by atoms with van der Waals surface area (Å²) in [4.78, 5) is 20.9. The number of thiazole rings is 1. The zero-order chi connectivity index (χ0) is 24.1. The van der Waals surface area contributed by atoms with Gasteiger partial charge in [0, 0.05) is 11.6 Å². The van der Waals surface area contributed by atoms with Crippen molar-refractivity contribution in [1.29, 1.82) is 0 Å². The second kappa shape index (κ2) is 10.1. The van der Waals surface area contributed by atoms with E-state index in [4.69, 9.17) is 10.2 Å². The van der Waals surface area contributed by atoms with Crippen molar-refractivity contribution in [2.75, 3.05) is 5.32 Å². The molecule has 3 heterocycles. The number of pyridine rings is 1. The SMILES string of the molecule is NC(Cc1ccc(C(F)(F)F)cc1)c1csc(Nc2ccc(C(=O)NCc3ccco3)cn2)n1. The Kier molecular flexibility index (Phi) is 6.94. The van der Waals surface area contributed by atoms with Crippen LogP contribution in [0, 0.1) is 0 Å². The van der Waals surface area contributed by atoms with Crippen molar-refractivity contribution in [3.63, 3.8) is 0 Å². The van der Waals surface area contributed by atoms with Gasteiger partial charge in [-0.3, -0.25) is 4.79 Å². The third-order valence-electron chi connectivity index (χ3n) is 4.90. The van der Waals surface area contributed by atoms with E-state index in [9.17, 15) is 18.0 Å². The quantitative estimate of drug-likeness (QED) is 0.321. The Labute approximate surface area is 196 Å². The number of aromatic nitrogens is 2. The highest BCUT2D eigenvalue weighted by molar-refractivity contribution is 7.13. The number of carbonyl (C=O) groups excluding carboxylic acids is 1. The van der Waals surface area contributed by atoms with Crippen molar-refractivity contribution in [2.24, 2.45) is 5.73 Å². The van der Waals surface area contributed by atoms with Gasteiger partial charge in [0.25, 0.3) is 5.91 Å². The standard InChI is InChI=1S/C23H20F3N5O2S/c24-23(25,26)16-6-3-14(4-7-16)10-18(27)19-13-34-22(30-19)31-20-8-5-15(11-28-20)21(32)29-12-17-2-1-9-33-17/h1-9,11,13,18H,10,12,27H2,(H,29,32)(H,28,30,31). The van der Waals surface area contributed by atoms with Crippen molar-refractivity contribution in [3.8, 4) is 0 Å². The highest BCUT2D eigenvalue weighted by Crippen LogP contribution is 2.30. The Bertz CT molecular complexity index is 1220. The molecule has 34 heavy (non-hydrogen) atoms. The number of rotatable bonds is 8. The average molecular weight is 488 g/mol. The topological polar surface area (TPSA) is 106 Å². The van der Waals surface area contributed by atoms with Gasteiger partial charge in [-0.25, -0.2) is 9.97 Å². The van der Waals surface area contributed by atoms with E-state index < -0.39 is 17.8 Å². The minimum atomic E-state index is -4.37. The van der Waals surface area contributed by atoms with Crippen molar-refractivity contribution in [1.82, 2.24) is 15.3 Å². The third-order valence-corrected chi connectivity index (χ3v) is 5.68. The van der Waals surface area contributed by atoms with Gasteiger partial charge in [-0.1, -0.05) is 12.1 Å². The zero-order valence-corrected chi connectivity index (χ0v) is 18.5. The van der Waals surface area contributed by atoms with Crippen LogP contribution in [0.1, 0.15) is 39.0 Å². The van der Waals surface area contributed by atoms with Crippen molar-refractivity contribution in [3.05, 3.63) is 94.5 Å². The first kappa shape index (κ1) is 23.5. The van der Waals surface area contributed by atoms with Crippen LogP contribution in [0.5, 0.6) is 0 Å². The van der Waals surface area contributed by atoms with Crippen LogP contribution in [0.2, 0.25) is 0 Å². The maximum atomic E-state index is 12.7. The van der Waals surface area contributed by atoms with E-state index >= 15 is 0 Å². The summed E-state index contributed by atoms with van der Waals surface area (Å²) in [6, 6.07) is 11.3. The molecule has 3 aromatic heterocycles. The Morgan fingerprint density at radius 1 is 1.15 bits per heavy atom. The predicted molar refractivity (Wildman–Crippen MR) is 122 cm³/mol. The smallest absolute Gasteiger partial charge is 0.416 e. The fourth-order valence-electron chi connectivity index (χ4n) is 3.10. The molecule has 0 bridgehead atoms. The molecule has 0 fully saturated rings. The molecule has 7 nitrogen and oxygen atoms in total. The largest absolute Gasteiger partial charge is 0.467 e. The van der Waals surface area contributed by atoms with Gasteiger partial charge in [0.2, 0.25) is 0 Å². The van der Waals surface area contributed by atoms with Gasteiger partial charge in [-0.15, -0.1) is 11.3 Å². The van der Waals surface area contributed by atoms with Crippen LogP contribution in [-0.2, 0) is 19.1 Å². The van der Waals surface area contributed by atoms with Gasteiger partial charge in [0.05, 0.1) is 35.7 Å². The number of alkyl halides is 3. The average Bonchev–Trinajstić information content (AvgIpc) is 3.50. The fraction of sp³-hybridized carbons (Fsp3) is 0.174. The Morgan fingerprint density at radius 3 is 2.59 bits per heavy atom. The first-order valence-corrected chi connectivity index (χ1v) is 11.1. The molecule has 1 aromatic carbocycles. The number of carbonyl (C=O) groups is 1. The fourth-order valence-corrected chi connectivity index (χ4v) is 3.88. The molecular formula is C23H20F3N5O2S. The van der Waals surface area contributed by atoms with E-state index in [1.807, 2.05) is 0 Å². The summed E-state index contributed by atoms with van der Waals surface area (Å²) >= 11 is 1.33. The highest BCUT2D eigenvalue weighted by atomic mass is 32.1. The summed E-state index contributed by atoms with van der Waals surface area (Å²) in [5.74, 6) is 0.872. The van der Waals surface area contributed by atoms with Gasteiger partial charge in [-0.05, 0) is 48.4 Å². The molecule has 4 N–H and O–H groups in total. The first-order chi connectivity index (χ1) is 16.3. The van der Waals surface area contributed by atoms with Gasteiger partial charge in [0.15, 0.2) is 5.13 Å². The number of hydrogen-bond acceptors (Lipinski definition) is 7. The number of amides is 1. The lowest BCUT2D eigenvalue weighted by molar-refractivity contribution is -0.137. The van der Waals surface area contributed by atoms with E-state index in [2.05, 4.69) is 20.6 Å². The first-order valence-electron chi connectivity index (χ1n) is 10.2. The maximum Gasteiger partial charge on any atom is 0.416 e. The van der Waals surface area contributed by atoms with Crippen molar-refractivity contribution in [2.45, 2.75) is 25.2 Å². The molecule has 0 aliphatic carbocycles. The van der Waals surface area contributed by atoms with Gasteiger partial charge in [0.1, 0.15) is 11.6 Å². The molecule has 0 aliphatic heterocycles. The van der Waals surface area contributed by atoms with Crippen LogP contribution in [-0.4, -0.2) is 15.9 Å². The molecule has 0 radical (unpaired) electrons. The Morgan fingerprint density at radius 2 is 1.94 bits per heavy atom. The van der Waals surface area contributed by atoms with Crippen LogP contribution in [0.4, 0.5) is 24.1 Å². The van der Waals surface area contributed by atoms with Crippen LogP contribution in [0.25, 0.3) is 0 Å². The lowest BCUT2D eigenvalue weighted by atomic mass is 10.0. The predicted octanol–water partition coefficient (Wildman–Crippen LogP) is 5.07. The van der Waals surface area contributed by atoms with E-state index in [0.29, 0.717) is 40.0 Å². The van der Waals surface area contributed by atoms with Crippen LogP contribution in [0.3, 0.4) is 0 Å². The highest BCUT2D eigenvalue weighted by Gasteiger charge is 2.30. The molecule has 0 saturated carbocycles. The Hall–Kier alpha value is -3.70. The van der Waals surface area contributed by atoms with E-state index in [-0.39, 0.29) is 12.5 Å². The molecule has 1 atom stereocenters. The van der Waals surface area contributed by atoms with Crippen LogP contribution >= 0.6 is 11.3 Å². The number of nitrogens with two attached hydrogens (primary N) is 1. The molecule has 0 aliphatic rings. The maximum absolute atomic E-state index is 12.7. The minimum Gasteiger partial charge on any atom is -0.467 e. The number of furan rings is 1. The molecule has 0 saturated heterocycles. The van der Waals surface area contributed by atoms with Crippen molar-refractivity contribution < 1.29 is 22.4 Å². The summed E-state index contributed by atoms with van der Waals surface area (Å²) in [7, 11) is 0. The molecule has 11 heteroatoms. The van der Waals surface area contributed by atoms with Gasteiger partial charge in [-0.2, -0.15) is 13.2 Å². The molecular weight excluding hydrogens is 467 g/mol. The van der Waals surface area contributed by atoms with Crippen LogP contribution < -0.4 is 16.4 Å². The molecule has 4 rings (SSSR count). The molecule has 0 spiro atoms. The monoisotopic (exact) mass is 487 g/mol.